The number of anilines is 1. The summed E-state index contributed by atoms with van der Waals surface area (Å²) in [6.07, 6.45) is 3.90. The lowest BCUT2D eigenvalue weighted by molar-refractivity contribution is 0.0981. The van der Waals surface area contributed by atoms with Gasteiger partial charge in [-0.15, -0.1) is 5.10 Å². The van der Waals surface area contributed by atoms with Crippen molar-refractivity contribution in [1.82, 2.24) is 24.5 Å². The van der Waals surface area contributed by atoms with Gasteiger partial charge in [0.05, 0.1) is 12.2 Å². The molecule has 38 heavy (non-hydrogen) atoms. The Morgan fingerprint density at radius 1 is 1.24 bits per heavy atom. The lowest BCUT2D eigenvalue weighted by Gasteiger charge is -2.34. The molecule has 1 saturated heterocycles. The molecule has 1 fully saturated rings. The number of nitrogens with zero attached hydrogens (tertiary/aromatic N) is 4. The molecule has 0 aromatic carbocycles. The summed E-state index contributed by atoms with van der Waals surface area (Å²) in [5.74, 6) is 0.672. The second-order valence-corrected chi connectivity index (χ2v) is 13.2. The van der Waals surface area contributed by atoms with E-state index in [9.17, 15) is 18.0 Å². The SMILES string of the molecule is CC1CN(c2nc(-n3ccc(OCC(C)(C)C)n3)ccc2C(=O)NS(=O)(=O)c2ccc[nH]c2=O)C(C)(C)C1. The highest BCUT2D eigenvalue weighted by atomic mass is 32.2. The van der Waals surface area contributed by atoms with E-state index in [0.29, 0.717) is 36.6 Å². The maximum atomic E-state index is 13.3. The highest BCUT2D eigenvalue weighted by molar-refractivity contribution is 7.90. The molecular weight excluding hydrogens is 508 g/mol. The largest absolute Gasteiger partial charge is 0.476 e. The summed E-state index contributed by atoms with van der Waals surface area (Å²) in [5.41, 5.74) is -1.12. The summed E-state index contributed by atoms with van der Waals surface area (Å²) in [7, 11) is -4.42. The van der Waals surface area contributed by atoms with Crippen molar-refractivity contribution in [3.05, 3.63) is 58.6 Å². The number of carbonyl (C=O) groups is 1. The molecule has 4 rings (SSSR count). The second-order valence-electron chi connectivity index (χ2n) is 11.5. The zero-order valence-electron chi connectivity index (χ0n) is 22.5. The molecule has 3 aromatic heterocycles. The van der Waals surface area contributed by atoms with Gasteiger partial charge in [0.2, 0.25) is 5.88 Å². The number of sulfonamides is 1. The molecule has 1 atom stereocenters. The Balaban J connectivity index is 1.72. The summed E-state index contributed by atoms with van der Waals surface area (Å²) >= 11 is 0. The Morgan fingerprint density at radius 2 is 1.97 bits per heavy atom. The minimum absolute atomic E-state index is 0.0345. The zero-order valence-corrected chi connectivity index (χ0v) is 23.3. The van der Waals surface area contributed by atoms with Gasteiger partial charge in [-0.1, -0.05) is 27.7 Å². The van der Waals surface area contributed by atoms with Gasteiger partial charge in [-0.25, -0.2) is 22.8 Å². The van der Waals surface area contributed by atoms with Crippen molar-refractivity contribution in [1.29, 1.82) is 0 Å². The van der Waals surface area contributed by atoms with E-state index in [1.165, 1.54) is 18.3 Å². The smallest absolute Gasteiger partial charge is 0.269 e. The monoisotopic (exact) mass is 542 g/mol. The van der Waals surface area contributed by atoms with Crippen LogP contribution in [0.5, 0.6) is 5.88 Å². The number of carbonyl (C=O) groups excluding carboxylic acids is 1. The average molecular weight is 543 g/mol. The number of nitrogens with one attached hydrogen (secondary N) is 2. The van der Waals surface area contributed by atoms with Crippen LogP contribution in [0.15, 0.2) is 52.4 Å². The molecule has 11 nitrogen and oxygen atoms in total. The minimum atomic E-state index is -4.42. The third-order valence-electron chi connectivity index (χ3n) is 6.18. The first kappa shape index (κ1) is 27.4. The number of ether oxygens (including phenoxy) is 1. The lowest BCUT2D eigenvalue weighted by Crippen LogP contribution is -2.41. The molecule has 1 amide bonds. The van der Waals surface area contributed by atoms with Crippen molar-refractivity contribution in [2.75, 3.05) is 18.1 Å². The highest BCUT2D eigenvalue weighted by Crippen LogP contribution is 2.37. The van der Waals surface area contributed by atoms with Crippen LogP contribution < -0.4 is 19.9 Å². The number of rotatable bonds is 7. The first-order valence-electron chi connectivity index (χ1n) is 12.4. The van der Waals surface area contributed by atoms with Gasteiger partial charge in [0, 0.05) is 30.5 Å². The Kier molecular flexibility index (Phi) is 7.13. The van der Waals surface area contributed by atoms with Crippen LogP contribution in [0, 0.1) is 11.3 Å². The average Bonchev–Trinajstić information content (AvgIpc) is 3.39. The van der Waals surface area contributed by atoms with E-state index >= 15 is 0 Å². The number of aromatic nitrogens is 4. The van der Waals surface area contributed by atoms with E-state index in [1.54, 1.807) is 23.0 Å². The van der Waals surface area contributed by atoms with Gasteiger partial charge in [-0.3, -0.25) is 9.59 Å². The summed E-state index contributed by atoms with van der Waals surface area (Å²) in [6.45, 7) is 13.5. The molecule has 1 unspecified atom stereocenters. The van der Waals surface area contributed by atoms with Crippen LogP contribution in [-0.2, 0) is 10.0 Å². The Hall–Kier alpha value is -3.67. The first-order chi connectivity index (χ1) is 17.7. The van der Waals surface area contributed by atoms with Crippen molar-refractivity contribution < 1.29 is 17.9 Å². The fourth-order valence-corrected chi connectivity index (χ4v) is 5.59. The fraction of sp³-hybridized carbons (Fsp3) is 0.462. The van der Waals surface area contributed by atoms with Crippen LogP contribution in [0.3, 0.4) is 0 Å². The van der Waals surface area contributed by atoms with Gasteiger partial charge in [0.1, 0.15) is 5.82 Å². The van der Waals surface area contributed by atoms with Crippen LogP contribution in [-0.4, -0.2) is 52.8 Å². The molecule has 4 heterocycles. The van der Waals surface area contributed by atoms with E-state index in [2.05, 4.69) is 51.6 Å². The van der Waals surface area contributed by atoms with E-state index in [-0.39, 0.29) is 16.5 Å². The number of aromatic amines is 1. The molecule has 2 N–H and O–H groups in total. The fourth-order valence-electron chi connectivity index (χ4n) is 4.56. The summed E-state index contributed by atoms with van der Waals surface area (Å²) < 4.78 is 35.1. The summed E-state index contributed by atoms with van der Waals surface area (Å²) in [5, 5.41) is 4.46. The molecule has 0 bridgehead atoms. The van der Waals surface area contributed by atoms with E-state index in [1.807, 2.05) is 9.62 Å². The maximum Gasteiger partial charge on any atom is 0.269 e. The maximum absolute atomic E-state index is 13.3. The summed E-state index contributed by atoms with van der Waals surface area (Å²) in [6, 6.07) is 7.36. The number of pyridine rings is 2. The van der Waals surface area contributed by atoms with E-state index < -0.39 is 26.4 Å². The first-order valence-corrected chi connectivity index (χ1v) is 13.9. The minimum Gasteiger partial charge on any atom is -0.476 e. The third-order valence-corrected chi connectivity index (χ3v) is 7.54. The van der Waals surface area contributed by atoms with Gasteiger partial charge in [0.25, 0.3) is 21.5 Å². The van der Waals surface area contributed by atoms with Crippen molar-refractivity contribution in [3.63, 3.8) is 0 Å². The van der Waals surface area contributed by atoms with E-state index in [0.717, 1.165) is 12.5 Å². The molecule has 3 aromatic rings. The van der Waals surface area contributed by atoms with Gasteiger partial charge < -0.3 is 14.6 Å². The molecule has 1 aliphatic rings. The second kappa shape index (κ2) is 9.90. The van der Waals surface area contributed by atoms with E-state index in [4.69, 9.17) is 9.72 Å². The Morgan fingerprint density at radius 3 is 2.61 bits per heavy atom. The van der Waals surface area contributed by atoms with Crippen LogP contribution in [0.1, 0.15) is 58.3 Å². The predicted molar refractivity (Wildman–Crippen MR) is 143 cm³/mol. The van der Waals surface area contributed by atoms with Gasteiger partial charge in [-0.2, -0.15) is 0 Å². The number of hydrogen-bond donors (Lipinski definition) is 2. The van der Waals surface area contributed by atoms with Crippen molar-refractivity contribution in [2.45, 2.75) is 58.4 Å². The van der Waals surface area contributed by atoms with Crippen LogP contribution in [0.2, 0.25) is 0 Å². The van der Waals surface area contributed by atoms with Crippen molar-refractivity contribution >= 4 is 21.7 Å². The van der Waals surface area contributed by atoms with Crippen molar-refractivity contribution in [3.8, 4) is 11.7 Å². The number of amides is 1. The van der Waals surface area contributed by atoms with Gasteiger partial charge >= 0.3 is 0 Å². The van der Waals surface area contributed by atoms with Crippen LogP contribution in [0.25, 0.3) is 5.82 Å². The van der Waals surface area contributed by atoms with Gasteiger partial charge in [0.15, 0.2) is 10.7 Å². The molecule has 0 spiro atoms. The molecule has 204 valence electrons. The standard InChI is InChI=1S/C26H34N6O5S/c1-17-14-26(5,6)31(15-17)22-18(23(33)30-38(35,36)19-8-7-12-27-24(19)34)9-10-20(28-22)32-13-11-21(29-32)37-16-25(2,3)4/h7-13,17H,14-16H2,1-6H3,(H,27,34)(H,30,33). The third kappa shape index (κ3) is 5.90. The molecule has 0 saturated carbocycles. The van der Waals surface area contributed by atoms with Gasteiger partial charge in [-0.05, 0) is 55.9 Å². The Bertz CT molecular complexity index is 1500. The predicted octanol–water partition coefficient (Wildman–Crippen LogP) is 3.12. The highest BCUT2D eigenvalue weighted by Gasteiger charge is 2.39. The normalized spacial score (nSPS) is 17.4. The quantitative estimate of drug-likeness (QED) is 0.464. The molecule has 0 radical (unpaired) electrons. The van der Waals surface area contributed by atoms with Crippen molar-refractivity contribution in [2.24, 2.45) is 11.3 Å². The molecular formula is C26H34N6O5S. The molecule has 12 heteroatoms. The topological polar surface area (TPSA) is 139 Å². The van der Waals surface area contributed by atoms with Crippen LogP contribution in [0.4, 0.5) is 5.82 Å². The molecule has 1 aliphatic heterocycles. The van der Waals surface area contributed by atoms with Crippen LogP contribution >= 0.6 is 0 Å². The zero-order chi connectivity index (χ0) is 27.9. The summed E-state index contributed by atoms with van der Waals surface area (Å²) in [4.78, 5) is 33.9. The molecule has 0 aliphatic carbocycles. The number of H-pyrrole nitrogens is 1. The Labute approximate surface area is 222 Å². The lowest BCUT2D eigenvalue weighted by atomic mass is 9.97. The number of hydrogen-bond acceptors (Lipinski definition) is 8.